The fraction of sp³-hybridized carbons (Fsp3) is 0.333. The van der Waals surface area contributed by atoms with Gasteiger partial charge in [-0.1, -0.05) is 6.07 Å². The first-order valence-corrected chi connectivity index (χ1v) is 9.18. The van der Waals surface area contributed by atoms with Crippen molar-refractivity contribution in [3.63, 3.8) is 0 Å². The molecule has 1 atom stereocenters. The van der Waals surface area contributed by atoms with Gasteiger partial charge in [0.2, 0.25) is 5.95 Å². The number of rotatable bonds is 4. The van der Waals surface area contributed by atoms with Crippen molar-refractivity contribution < 1.29 is 17.2 Å². The molecule has 128 valence electrons. The number of halogens is 2. The van der Waals surface area contributed by atoms with Gasteiger partial charge in [0.15, 0.2) is 9.84 Å². The Morgan fingerprint density at radius 2 is 1.92 bits per heavy atom. The minimum Gasteiger partial charge on any atom is -0.350 e. The van der Waals surface area contributed by atoms with Crippen LogP contribution in [0, 0.1) is 18.6 Å². The predicted octanol–water partition coefficient (Wildman–Crippen LogP) is 2.41. The summed E-state index contributed by atoms with van der Waals surface area (Å²) < 4.78 is 50.5. The van der Waals surface area contributed by atoms with E-state index in [4.69, 9.17) is 0 Å². The molecule has 0 spiro atoms. The maximum Gasteiger partial charge on any atom is 0.225 e. The molecule has 0 bridgehead atoms. The van der Waals surface area contributed by atoms with Crippen LogP contribution in [0.2, 0.25) is 0 Å². The summed E-state index contributed by atoms with van der Waals surface area (Å²) in [6.45, 7) is 1.71. The number of aryl methyl sites for hydroxylation is 1. The van der Waals surface area contributed by atoms with E-state index in [1.165, 1.54) is 6.07 Å². The Hall–Kier alpha value is -2.29. The van der Waals surface area contributed by atoms with Crippen molar-refractivity contribution in [3.05, 3.63) is 41.6 Å². The maximum absolute atomic E-state index is 13.7. The van der Waals surface area contributed by atoms with E-state index >= 15 is 0 Å². The van der Waals surface area contributed by atoms with E-state index < -0.39 is 21.5 Å². The summed E-state index contributed by atoms with van der Waals surface area (Å²) in [4.78, 5) is 8.35. The number of nitrogens with zero attached hydrogens (tertiary/aromatic N) is 2. The highest BCUT2D eigenvalue weighted by molar-refractivity contribution is 7.91. The Kier molecular flexibility index (Phi) is 4.35. The van der Waals surface area contributed by atoms with E-state index in [0.717, 1.165) is 12.1 Å². The van der Waals surface area contributed by atoms with Gasteiger partial charge in [0, 0.05) is 17.8 Å². The van der Waals surface area contributed by atoms with Crippen LogP contribution in [0.15, 0.2) is 24.3 Å². The third-order valence-electron chi connectivity index (χ3n) is 3.64. The molecule has 1 aliphatic rings. The smallest absolute Gasteiger partial charge is 0.225 e. The SMILES string of the molecule is Cc1cc(Nc2c(F)cccc2F)nc(NC2CCS(=O)(=O)C2)n1. The van der Waals surface area contributed by atoms with Gasteiger partial charge in [0.1, 0.15) is 23.1 Å². The molecule has 2 aromatic rings. The molecule has 1 aliphatic heterocycles. The van der Waals surface area contributed by atoms with E-state index in [1.807, 2.05) is 0 Å². The Morgan fingerprint density at radius 1 is 1.21 bits per heavy atom. The molecule has 24 heavy (non-hydrogen) atoms. The van der Waals surface area contributed by atoms with Crippen molar-refractivity contribution in [2.75, 3.05) is 22.1 Å². The minimum absolute atomic E-state index is 0.0228. The molecule has 0 saturated carbocycles. The van der Waals surface area contributed by atoms with Crippen LogP contribution in [-0.4, -0.2) is 35.9 Å². The van der Waals surface area contributed by atoms with Gasteiger partial charge >= 0.3 is 0 Å². The average Bonchev–Trinajstić information content (AvgIpc) is 2.81. The normalized spacial score (nSPS) is 19.2. The minimum atomic E-state index is -3.03. The van der Waals surface area contributed by atoms with Gasteiger partial charge in [0.25, 0.3) is 0 Å². The number of benzene rings is 1. The number of hydrogen-bond donors (Lipinski definition) is 2. The van der Waals surface area contributed by atoms with Crippen LogP contribution in [0.5, 0.6) is 0 Å². The van der Waals surface area contributed by atoms with Gasteiger partial charge in [-0.2, -0.15) is 4.98 Å². The number of sulfone groups is 1. The van der Waals surface area contributed by atoms with Crippen LogP contribution in [0.25, 0.3) is 0 Å². The van der Waals surface area contributed by atoms with Crippen molar-refractivity contribution >= 4 is 27.3 Å². The quantitative estimate of drug-likeness (QED) is 0.877. The van der Waals surface area contributed by atoms with Crippen LogP contribution in [0.3, 0.4) is 0 Å². The third-order valence-corrected chi connectivity index (χ3v) is 5.40. The maximum atomic E-state index is 13.7. The van der Waals surface area contributed by atoms with Crippen LogP contribution in [0.1, 0.15) is 12.1 Å². The first kappa shape index (κ1) is 16.6. The highest BCUT2D eigenvalue weighted by Gasteiger charge is 2.28. The molecular weight excluding hydrogens is 338 g/mol. The summed E-state index contributed by atoms with van der Waals surface area (Å²) >= 11 is 0. The Morgan fingerprint density at radius 3 is 2.54 bits per heavy atom. The van der Waals surface area contributed by atoms with Crippen molar-refractivity contribution in [2.24, 2.45) is 0 Å². The monoisotopic (exact) mass is 354 g/mol. The average molecular weight is 354 g/mol. The van der Waals surface area contributed by atoms with Gasteiger partial charge < -0.3 is 10.6 Å². The molecule has 9 heteroatoms. The van der Waals surface area contributed by atoms with Gasteiger partial charge in [-0.15, -0.1) is 0 Å². The fourth-order valence-corrected chi connectivity index (χ4v) is 4.21. The number of anilines is 3. The Labute approximate surface area is 138 Å². The molecule has 1 aromatic carbocycles. The number of aromatic nitrogens is 2. The standard InChI is InChI=1S/C15H16F2N4O2S/c1-9-7-13(20-14-11(16)3-2-4-12(14)17)21-15(18-9)19-10-5-6-24(22,23)8-10/h2-4,7,10H,5-6,8H2,1H3,(H2,18,19,20,21). The van der Waals surface area contributed by atoms with Gasteiger partial charge in [0.05, 0.1) is 11.5 Å². The molecule has 2 heterocycles. The highest BCUT2D eigenvalue weighted by Crippen LogP contribution is 2.23. The van der Waals surface area contributed by atoms with E-state index in [-0.39, 0.29) is 35.0 Å². The first-order chi connectivity index (χ1) is 11.3. The fourth-order valence-electron chi connectivity index (χ4n) is 2.53. The first-order valence-electron chi connectivity index (χ1n) is 7.36. The lowest BCUT2D eigenvalue weighted by molar-refractivity contribution is 0.590. The Balaban J connectivity index is 1.82. The second-order valence-corrected chi connectivity index (χ2v) is 7.91. The third kappa shape index (κ3) is 3.78. The molecule has 0 aliphatic carbocycles. The lowest BCUT2D eigenvalue weighted by Crippen LogP contribution is -2.22. The van der Waals surface area contributed by atoms with Crippen LogP contribution >= 0.6 is 0 Å². The van der Waals surface area contributed by atoms with Crippen molar-refractivity contribution in [2.45, 2.75) is 19.4 Å². The van der Waals surface area contributed by atoms with Crippen LogP contribution in [-0.2, 0) is 9.84 Å². The summed E-state index contributed by atoms with van der Waals surface area (Å²) in [6, 6.07) is 4.83. The molecule has 0 radical (unpaired) electrons. The predicted molar refractivity (Wildman–Crippen MR) is 87.1 cm³/mol. The molecule has 1 aromatic heterocycles. The largest absolute Gasteiger partial charge is 0.350 e. The lowest BCUT2D eigenvalue weighted by atomic mass is 10.2. The van der Waals surface area contributed by atoms with Gasteiger partial charge in [-0.25, -0.2) is 22.2 Å². The summed E-state index contributed by atoms with van der Waals surface area (Å²) in [5.41, 5.74) is 0.276. The van der Waals surface area contributed by atoms with Crippen molar-refractivity contribution in [1.29, 1.82) is 0 Å². The number of para-hydroxylation sites is 1. The summed E-state index contributed by atoms with van der Waals surface area (Å²) in [6.07, 6.45) is 0.477. The molecule has 1 fully saturated rings. The second kappa shape index (κ2) is 6.31. The van der Waals surface area contributed by atoms with Crippen molar-refractivity contribution in [1.82, 2.24) is 9.97 Å². The van der Waals surface area contributed by atoms with Gasteiger partial charge in [-0.05, 0) is 25.5 Å². The molecule has 3 rings (SSSR count). The molecule has 0 amide bonds. The number of nitrogens with one attached hydrogen (secondary N) is 2. The summed E-state index contributed by atoms with van der Waals surface area (Å²) in [7, 11) is -3.03. The van der Waals surface area contributed by atoms with E-state index in [1.54, 1.807) is 13.0 Å². The second-order valence-electron chi connectivity index (χ2n) is 5.68. The molecule has 1 unspecified atom stereocenters. The van der Waals surface area contributed by atoms with E-state index in [9.17, 15) is 17.2 Å². The number of hydrogen-bond acceptors (Lipinski definition) is 6. The van der Waals surface area contributed by atoms with Gasteiger partial charge in [-0.3, -0.25) is 0 Å². The van der Waals surface area contributed by atoms with E-state index in [2.05, 4.69) is 20.6 Å². The molecular formula is C15H16F2N4O2S. The summed E-state index contributed by atoms with van der Waals surface area (Å²) in [5.74, 6) is -0.881. The van der Waals surface area contributed by atoms with E-state index in [0.29, 0.717) is 12.1 Å². The van der Waals surface area contributed by atoms with Crippen LogP contribution in [0.4, 0.5) is 26.2 Å². The molecule has 6 nitrogen and oxygen atoms in total. The van der Waals surface area contributed by atoms with Crippen molar-refractivity contribution in [3.8, 4) is 0 Å². The van der Waals surface area contributed by atoms with Crippen LogP contribution < -0.4 is 10.6 Å². The lowest BCUT2D eigenvalue weighted by Gasteiger charge is -2.13. The highest BCUT2D eigenvalue weighted by atomic mass is 32.2. The zero-order valence-corrected chi connectivity index (χ0v) is 13.7. The topological polar surface area (TPSA) is 84.0 Å². The zero-order valence-electron chi connectivity index (χ0n) is 12.9. The molecule has 1 saturated heterocycles. The summed E-state index contributed by atoms with van der Waals surface area (Å²) in [5, 5.41) is 5.57. The zero-order chi connectivity index (χ0) is 17.3. The molecule has 2 N–H and O–H groups in total. The Bertz CT molecular complexity index is 854.